The first-order chi connectivity index (χ1) is 6.44. The smallest absolute Gasteiger partial charge is 0.234 e. The second kappa shape index (κ2) is 2.83. The monoisotopic (exact) mass is 253 g/mol. The van der Waals surface area contributed by atoms with Crippen LogP contribution in [0, 0.1) is 6.92 Å². The topological polar surface area (TPSA) is 29.1 Å². The molecule has 1 aliphatic heterocycles. The molecule has 1 N–H and O–H groups in total. The normalized spacial score (nSPS) is 17.9. The maximum atomic E-state index is 11.7. The SMILES string of the molecule is Cc1c(Br)ccc2c1NC(=O)C2(C)C. The van der Waals surface area contributed by atoms with Gasteiger partial charge in [0.05, 0.1) is 5.41 Å². The van der Waals surface area contributed by atoms with Gasteiger partial charge in [0.15, 0.2) is 0 Å². The third kappa shape index (κ3) is 1.12. The maximum absolute atomic E-state index is 11.7. The van der Waals surface area contributed by atoms with Crippen molar-refractivity contribution in [1.29, 1.82) is 0 Å². The highest BCUT2D eigenvalue weighted by Gasteiger charge is 2.39. The molecule has 2 rings (SSSR count). The Balaban J connectivity index is 2.70. The van der Waals surface area contributed by atoms with Gasteiger partial charge < -0.3 is 5.32 Å². The summed E-state index contributed by atoms with van der Waals surface area (Å²) in [4.78, 5) is 11.7. The molecule has 0 saturated heterocycles. The molecule has 1 heterocycles. The van der Waals surface area contributed by atoms with Gasteiger partial charge in [0, 0.05) is 10.2 Å². The van der Waals surface area contributed by atoms with Gasteiger partial charge in [-0.2, -0.15) is 0 Å². The second-order valence-electron chi connectivity index (χ2n) is 4.17. The minimum Gasteiger partial charge on any atom is -0.325 e. The fraction of sp³-hybridized carbons (Fsp3) is 0.364. The molecule has 0 bridgehead atoms. The molecular formula is C11H12BrNO. The molecule has 1 aromatic rings. The van der Waals surface area contributed by atoms with E-state index < -0.39 is 5.41 Å². The van der Waals surface area contributed by atoms with Gasteiger partial charge in [0.1, 0.15) is 0 Å². The van der Waals surface area contributed by atoms with E-state index in [4.69, 9.17) is 0 Å². The molecule has 0 spiro atoms. The number of fused-ring (bicyclic) bond motifs is 1. The lowest BCUT2D eigenvalue weighted by Gasteiger charge is -2.15. The molecular weight excluding hydrogens is 242 g/mol. The van der Waals surface area contributed by atoms with E-state index in [2.05, 4.69) is 21.2 Å². The number of carbonyl (C=O) groups is 1. The van der Waals surface area contributed by atoms with Crippen LogP contribution in [0.4, 0.5) is 5.69 Å². The lowest BCUT2D eigenvalue weighted by Crippen LogP contribution is -2.26. The van der Waals surface area contributed by atoms with Crippen LogP contribution in [0.3, 0.4) is 0 Å². The number of anilines is 1. The predicted molar refractivity (Wildman–Crippen MR) is 60.5 cm³/mol. The summed E-state index contributed by atoms with van der Waals surface area (Å²) in [5.74, 6) is 0.0775. The Kier molecular flexibility index (Phi) is 1.96. The van der Waals surface area contributed by atoms with Crippen molar-refractivity contribution in [2.24, 2.45) is 0 Å². The summed E-state index contributed by atoms with van der Waals surface area (Å²) >= 11 is 3.45. The average molecular weight is 254 g/mol. The van der Waals surface area contributed by atoms with Gasteiger partial charge in [-0.3, -0.25) is 4.79 Å². The van der Waals surface area contributed by atoms with Crippen molar-refractivity contribution < 1.29 is 4.79 Å². The fourth-order valence-corrected chi connectivity index (χ4v) is 2.09. The van der Waals surface area contributed by atoms with Crippen molar-refractivity contribution in [3.8, 4) is 0 Å². The van der Waals surface area contributed by atoms with Gasteiger partial charge in [0.2, 0.25) is 5.91 Å². The van der Waals surface area contributed by atoms with Gasteiger partial charge in [-0.25, -0.2) is 0 Å². The summed E-state index contributed by atoms with van der Waals surface area (Å²) in [5.41, 5.74) is 2.75. The highest BCUT2D eigenvalue weighted by atomic mass is 79.9. The zero-order chi connectivity index (χ0) is 10.5. The molecule has 0 aromatic heterocycles. The Labute approximate surface area is 91.8 Å². The van der Waals surface area contributed by atoms with Crippen LogP contribution in [0.2, 0.25) is 0 Å². The van der Waals surface area contributed by atoms with Gasteiger partial charge >= 0.3 is 0 Å². The Bertz CT molecular complexity index is 424. The average Bonchev–Trinajstić information content (AvgIpc) is 2.33. The zero-order valence-corrected chi connectivity index (χ0v) is 10.0. The lowest BCUT2D eigenvalue weighted by atomic mass is 9.85. The first-order valence-corrected chi connectivity index (χ1v) is 5.35. The van der Waals surface area contributed by atoms with Crippen molar-refractivity contribution in [2.45, 2.75) is 26.2 Å². The summed E-state index contributed by atoms with van der Waals surface area (Å²) in [6, 6.07) is 4.00. The summed E-state index contributed by atoms with van der Waals surface area (Å²) in [6.07, 6.45) is 0. The van der Waals surface area contributed by atoms with E-state index in [1.807, 2.05) is 32.9 Å². The minimum absolute atomic E-state index is 0.0775. The number of nitrogens with one attached hydrogen (secondary N) is 1. The number of hydrogen-bond acceptors (Lipinski definition) is 1. The molecule has 1 aromatic carbocycles. The van der Waals surface area contributed by atoms with Crippen LogP contribution in [0.1, 0.15) is 25.0 Å². The highest BCUT2D eigenvalue weighted by molar-refractivity contribution is 9.10. The summed E-state index contributed by atoms with van der Waals surface area (Å²) < 4.78 is 1.04. The number of halogens is 1. The van der Waals surface area contributed by atoms with Gasteiger partial charge in [-0.05, 0) is 38.0 Å². The van der Waals surface area contributed by atoms with E-state index in [-0.39, 0.29) is 5.91 Å². The van der Waals surface area contributed by atoms with E-state index in [1.54, 1.807) is 0 Å². The van der Waals surface area contributed by atoms with Gasteiger partial charge in [-0.1, -0.05) is 22.0 Å². The van der Waals surface area contributed by atoms with Crippen molar-refractivity contribution in [3.63, 3.8) is 0 Å². The van der Waals surface area contributed by atoms with Crippen LogP contribution in [-0.2, 0) is 10.2 Å². The standard InChI is InChI=1S/C11H12BrNO/c1-6-8(12)5-4-7-9(6)13-10(14)11(7,2)3/h4-5H,1-3H3,(H,13,14). The molecule has 14 heavy (non-hydrogen) atoms. The number of amides is 1. The Morgan fingerprint density at radius 2 is 2.00 bits per heavy atom. The molecule has 1 aliphatic rings. The van der Waals surface area contributed by atoms with Crippen LogP contribution in [0.5, 0.6) is 0 Å². The summed E-state index contributed by atoms with van der Waals surface area (Å²) in [7, 11) is 0. The Morgan fingerprint density at radius 1 is 1.36 bits per heavy atom. The molecule has 74 valence electrons. The van der Waals surface area contributed by atoms with E-state index in [9.17, 15) is 4.79 Å². The molecule has 0 aliphatic carbocycles. The molecule has 0 radical (unpaired) electrons. The van der Waals surface area contributed by atoms with Crippen molar-refractivity contribution in [3.05, 3.63) is 27.7 Å². The first kappa shape index (κ1) is 9.71. The lowest BCUT2D eigenvalue weighted by molar-refractivity contribution is -0.119. The Morgan fingerprint density at radius 3 is 2.64 bits per heavy atom. The van der Waals surface area contributed by atoms with Crippen LogP contribution in [-0.4, -0.2) is 5.91 Å². The number of carbonyl (C=O) groups excluding carboxylic acids is 1. The van der Waals surface area contributed by atoms with Gasteiger partial charge in [-0.15, -0.1) is 0 Å². The maximum Gasteiger partial charge on any atom is 0.234 e. The highest BCUT2D eigenvalue weighted by Crippen LogP contribution is 2.41. The number of rotatable bonds is 0. The molecule has 3 heteroatoms. The predicted octanol–water partition coefficient (Wildman–Crippen LogP) is 2.99. The number of benzene rings is 1. The first-order valence-electron chi connectivity index (χ1n) is 4.55. The Hall–Kier alpha value is -0.830. The summed E-state index contributed by atoms with van der Waals surface area (Å²) in [6.45, 7) is 5.90. The third-order valence-electron chi connectivity index (χ3n) is 2.88. The van der Waals surface area contributed by atoms with E-state index in [0.29, 0.717) is 0 Å². The van der Waals surface area contributed by atoms with E-state index in [0.717, 1.165) is 21.3 Å². The van der Waals surface area contributed by atoms with Crippen LogP contribution in [0.25, 0.3) is 0 Å². The fourth-order valence-electron chi connectivity index (χ4n) is 1.76. The van der Waals surface area contributed by atoms with Crippen LogP contribution in [0.15, 0.2) is 16.6 Å². The zero-order valence-electron chi connectivity index (χ0n) is 8.44. The summed E-state index contributed by atoms with van der Waals surface area (Å²) in [5, 5.41) is 2.93. The van der Waals surface area contributed by atoms with E-state index >= 15 is 0 Å². The molecule has 0 unspecified atom stereocenters. The molecule has 1 amide bonds. The second-order valence-corrected chi connectivity index (χ2v) is 5.03. The van der Waals surface area contributed by atoms with Crippen molar-refractivity contribution >= 4 is 27.5 Å². The van der Waals surface area contributed by atoms with E-state index in [1.165, 1.54) is 0 Å². The third-order valence-corrected chi connectivity index (χ3v) is 3.74. The van der Waals surface area contributed by atoms with Crippen molar-refractivity contribution in [2.75, 3.05) is 5.32 Å². The minimum atomic E-state index is -0.402. The van der Waals surface area contributed by atoms with Crippen LogP contribution < -0.4 is 5.32 Å². The molecule has 2 nitrogen and oxygen atoms in total. The van der Waals surface area contributed by atoms with Crippen molar-refractivity contribution in [1.82, 2.24) is 0 Å². The number of hydrogen-bond donors (Lipinski definition) is 1. The van der Waals surface area contributed by atoms with Gasteiger partial charge in [0.25, 0.3) is 0 Å². The van der Waals surface area contributed by atoms with Crippen LogP contribution >= 0.6 is 15.9 Å². The largest absolute Gasteiger partial charge is 0.325 e. The molecule has 0 saturated carbocycles. The molecule has 0 atom stereocenters. The molecule has 0 fully saturated rings. The quantitative estimate of drug-likeness (QED) is 0.757.